The number of halogens is 1. The molecule has 3 rings (SSSR count). The summed E-state index contributed by atoms with van der Waals surface area (Å²) in [5.41, 5.74) is 3.61. The molecule has 0 N–H and O–H groups in total. The fourth-order valence-corrected chi connectivity index (χ4v) is 5.45. The average Bonchev–Trinajstić information content (AvgIpc) is 2.86. The van der Waals surface area contributed by atoms with Crippen LogP contribution in [0.3, 0.4) is 0 Å². The third-order valence-corrected chi connectivity index (χ3v) is 8.90. The standard InChI is InChI=1S/C26H29BrO8S2/c1-20-6-10-24(11-7-20)36(28,29)34-16-14-32-18-22-4-3-5-23(26(22)27)19-33-15-17-35-37(30,31)25-12-8-21(2)9-13-25/h3-13H,14-19H2,1-2H3. The van der Waals surface area contributed by atoms with Gasteiger partial charge in [-0.2, -0.15) is 16.8 Å². The SMILES string of the molecule is Cc1ccc(S(=O)(=O)OCCOCc2cccc(COCCOS(=O)(=O)c3ccc(C)cc3)c2Br)cc1. The minimum atomic E-state index is -3.83. The van der Waals surface area contributed by atoms with E-state index in [9.17, 15) is 16.8 Å². The van der Waals surface area contributed by atoms with Crippen LogP contribution in [0, 0.1) is 13.8 Å². The summed E-state index contributed by atoms with van der Waals surface area (Å²) in [6, 6.07) is 18.4. The van der Waals surface area contributed by atoms with Crippen LogP contribution in [0.4, 0.5) is 0 Å². The van der Waals surface area contributed by atoms with Crippen molar-refractivity contribution in [1.82, 2.24) is 0 Å². The molecule has 3 aromatic carbocycles. The Morgan fingerprint density at radius 2 is 0.973 bits per heavy atom. The van der Waals surface area contributed by atoms with Crippen molar-refractivity contribution in [2.24, 2.45) is 0 Å². The lowest BCUT2D eigenvalue weighted by Gasteiger charge is -2.12. The second-order valence-corrected chi connectivity index (χ2v) is 12.2. The van der Waals surface area contributed by atoms with Crippen LogP contribution >= 0.6 is 15.9 Å². The van der Waals surface area contributed by atoms with Crippen molar-refractivity contribution in [2.45, 2.75) is 36.9 Å². The van der Waals surface area contributed by atoms with Gasteiger partial charge in [0.2, 0.25) is 0 Å². The van der Waals surface area contributed by atoms with Crippen LogP contribution in [0.15, 0.2) is 81.0 Å². The van der Waals surface area contributed by atoms with Crippen LogP contribution in [0.5, 0.6) is 0 Å². The highest BCUT2D eigenvalue weighted by Gasteiger charge is 2.16. The molecular formula is C26H29BrO8S2. The summed E-state index contributed by atoms with van der Waals surface area (Å²) in [6.07, 6.45) is 0. The maximum atomic E-state index is 12.2. The van der Waals surface area contributed by atoms with Crippen LogP contribution in [-0.2, 0) is 51.3 Å². The molecule has 3 aromatic rings. The highest BCUT2D eigenvalue weighted by molar-refractivity contribution is 9.10. The molecule has 0 bridgehead atoms. The molecule has 37 heavy (non-hydrogen) atoms. The van der Waals surface area contributed by atoms with Crippen molar-refractivity contribution in [3.8, 4) is 0 Å². The smallest absolute Gasteiger partial charge is 0.297 e. The molecule has 0 saturated heterocycles. The maximum absolute atomic E-state index is 12.2. The number of hydrogen-bond donors (Lipinski definition) is 0. The van der Waals surface area contributed by atoms with E-state index >= 15 is 0 Å². The summed E-state index contributed by atoms with van der Waals surface area (Å²) in [4.78, 5) is 0.207. The van der Waals surface area contributed by atoms with Crippen LogP contribution in [0.25, 0.3) is 0 Å². The first-order valence-corrected chi connectivity index (χ1v) is 15.0. The molecule has 0 aliphatic heterocycles. The van der Waals surface area contributed by atoms with Gasteiger partial charge in [0, 0.05) is 4.47 Å². The fraction of sp³-hybridized carbons (Fsp3) is 0.308. The van der Waals surface area contributed by atoms with E-state index < -0.39 is 20.2 Å². The van der Waals surface area contributed by atoms with E-state index in [1.807, 2.05) is 32.0 Å². The topological polar surface area (TPSA) is 105 Å². The Labute approximate surface area is 226 Å². The van der Waals surface area contributed by atoms with E-state index in [1.54, 1.807) is 24.3 Å². The molecule has 0 spiro atoms. The number of benzene rings is 3. The van der Waals surface area contributed by atoms with Gasteiger partial charge in [-0.15, -0.1) is 0 Å². The molecule has 0 aliphatic rings. The van der Waals surface area contributed by atoms with Gasteiger partial charge in [0.05, 0.1) is 49.4 Å². The minimum Gasteiger partial charge on any atom is -0.374 e. The van der Waals surface area contributed by atoms with Crippen LogP contribution in [0.2, 0.25) is 0 Å². The third-order valence-electron chi connectivity index (χ3n) is 5.23. The molecule has 0 saturated carbocycles. The average molecular weight is 614 g/mol. The molecule has 0 atom stereocenters. The number of rotatable bonds is 14. The summed E-state index contributed by atoms with van der Waals surface area (Å²) in [7, 11) is -7.67. The van der Waals surface area contributed by atoms with E-state index in [4.69, 9.17) is 17.8 Å². The van der Waals surface area contributed by atoms with Gasteiger partial charge >= 0.3 is 0 Å². The summed E-state index contributed by atoms with van der Waals surface area (Å²) in [6.45, 7) is 4.18. The van der Waals surface area contributed by atoms with Crippen molar-refractivity contribution in [3.05, 3.63) is 93.5 Å². The molecule has 200 valence electrons. The lowest BCUT2D eigenvalue weighted by atomic mass is 10.1. The minimum absolute atomic E-state index is 0.0883. The van der Waals surface area contributed by atoms with Crippen molar-refractivity contribution in [3.63, 3.8) is 0 Å². The molecule has 8 nitrogen and oxygen atoms in total. The third kappa shape index (κ3) is 8.99. The Bertz CT molecular complexity index is 1270. The number of ether oxygens (including phenoxy) is 2. The Balaban J connectivity index is 1.39. The first-order chi connectivity index (χ1) is 17.6. The molecule has 11 heteroatoms. The summed E-state index contributed by atoms with van der Waals surface area (Å²) >= 11 is 3.54. The van der Waals surface area contributed by atoms with Gasteiger partial charge in [0.15, 0.2) is 0 Å². The fourth-order valence-electron chi connectivity index (χ4n) is 3.17. The predicted molar refractivity (Wildman–Crippen MR) is 142 cm³/mol. The Hall–Kier alpha value is -2.12. The highest BCUT2D eigenvalue weighted by Crippen LogP contribution is 2.23. The van der Waals surface area contributed by atoms with Crippen molar-refractivity contribution >= 4 is 36.2 Å². The van der Waals surface area contributed by atoms with Crippen molar-refractivity contribution in [2.75, 3.05) is 26.4 Å². The second-order valence-electron chi connectivity index (χ2n) is 8.17. The zero-order valence-corrected chi connectivity index (χ0v) is 23.8. The largest absolute Gasteiger partial charge is 0.374 e. The molecule has 0 aliphatic carbocycles. The summed E-state index contributed by atoms with van der Waals surface area (Å²) in [5, 5.41) is 0. The van der Waals surface area contributed by atoms with Gasteiger partial charge in [-0.05, 0) is 49.2 Å². The summed E-state index contributed by atoms with van der Waals surface area (Å²) in [5.74, 6) is 0. The van der Waals surface area contributed by atoms with Gasteiger partial charge in [0.25, 0.3) is 20.2 Å². The lowest BCUT2D eigenvalue weighted by Crippen LogP contribution is -2.12. The number of aryl methyl sites for hydroxylation is 2. The van der Waals surface area contributed by atoms with E-state index in [0.717, 1.165) is 26.7 Å². The second kappa shape index (κ2) is 13.6. The molecule has 0 radical (unpaired) electrons. The van der Waals surface area contributed by atoms with E-state index in [2.05, 4.69) is 15.9 Å². The molecule has 0 amide bonds. The van der Waals surface area contributed by atoms with E-state index in [1.165, 1.54) is 24.3 Å². The zero-order valence-electron chi connectivity index (χ0n) is 20.6. The van der Waals surface area contributed by atoms with Crippen molar-refractivity contribution in [1.29, 1.82) is 0 Å². The van der Waals surface area contributed by atoms with Gasteiger partial charge in [0.1, 0.15) is 0 Å². The Morgan fingerprint density at radius 3 is 1.35 bits per heavy atom. The van der Waals surface area contributed by atoms with Crippen LogP contribution in [0.1, 0.15) is 22.3 Å². The Morgan fingerprint density at radius 1 is 0.595 bits per heavy atom. The first-order valence-electron chi connectivity index (χ1n) is 11.4. The van der Waals surface area contributed by atoms with Gasteiger partial charge < -0.3 is 9.47 Å². The predicted octanol–water partition coefficient (Wildman–Crippen LogP) is 4.91. The zero-order chi connectivity index (χ0) is 26.9. The van der Waals surface area contributed by atoms with E-state index in [-0.39, 0.29) is 49.4 Å². The van der Waals surface area contributed by atoms with Gasteiger partial charge in [-0.25, -0.2) is 0 Å². The summed E-state index contributed by atoms with van der Waals surface area (Å²) < 4.78 is 70.9. The van der Waals surface area contributed by atoms with Gasteiger partial charge in [-0.3, -0.25) is 8.37 Å². The highest BCUT2D eigenvalue weighted by atomic mass is 79.9. The number of hydrogen-bond acceptors (Lipinski definition) is 8. The maximum Gasteiger partial charge on any atom is 0.297 e. The molecule has 0 heterocycles. The van der Waals surface area contributed by atoms with Crippen LogP contribution in [-0.4, -0.2) is 43.3 Å². The first kappa shape index (κ1) is 29.4. The normalized spacial score (nSPS) is 12.1. The molecule has 0 fully saturated rings. The lowest BCUT2D eigenvalue weighted by molar-refractivity contribution is 0.0870. The molecule has 0 aromatic heterocycles. The molecular weight excluding hydrogens is 584 g/mol. The van der Waals surface area contributed by atoms with E-state index in [0.29, 0.717) is 0 Å². The molecule has 0 unspecified atom stereocenters. The monoisotopic (exact) mass is 612 g/mol. The van der Waals surface area contributed by atoms with Crippen molar-refractivity contribution < 1.29 is 34.7 Å². The Kier molecular flexibility index (Phi) is 10.8. The van der Waals surface area contributed by atoms with Crippen LogP contribution < -0.4 is 0 Å². The van der Waals surface area contributed by atoms with Gasteiger partial charge in [-0.1, -0.05) is 69.5 Å². The quantitative estimate of drug-likeness (QED) is 0.187.